The summed E-state index contributed by atoms with van der Waals surface area (Å²) in [5, 5.41) is 6.28. The number of nitrogens with zero attached hydrogens (tertiary/aromatic N) is 6. The van der Waals surface area contributed by atoms with E-state index < -0.39 is 0 Å². The van der Waals surface area contributed by atoms with Gasteiger partial charge in [0.15, 0.2) is 0 Å². The molecule has 0 saturated heterocycles. The van der Waals surface area contributed by atoms with Crippen molar-refractivity contribution in [2.45, 2.75) is 6.42 Å². The third-order valence-electron chi connectivity index (χ3n) is 6.25. The monoisotopic (exact) mass is 520 g/mol. The predicted octanol–water partition coefficient (Wildman–Crippen LogP) is 5.40. The van der Waals surface area contributed by atoms with Crippen LogP contribution in [0.25, 0.3) is 28.3 Å². The van der Waals surface area contributed by atoms with Gasteiger partial charge in [-0.1, -0.05) is 30.3 Å². The number of anilines is 3. The van der Waals surface area contributed by atoms with Crippen molar-refractivity contribution in [3.05, 3.63) is 90.8 Å². The summed E-state index contributed by atoms with van der Waals surface area (Å²) in [6, 6.07) is 23.6. The summed E-state index contributed by atoms with van der Waals surface area (Å²) in [6.45, 7) is 0.979. The number of imidazole rings is 1. The number of benzene rings is 2. The van der Waals surface area contributed by atoms with Crippen molar-refractivity contribution in [1.82, 2.24) is 29.2 Å². The Balaban J connectivity index is 1.51. The van der Waals surface area contributed by atoms with Crippen LogP contribution in [0, 0.1) is 0 Å². The van der Waals surface area contributed by atoms with Gasteiger partial charge in [0.05, 0.1) is 17.1 Å². The van der Waals surface area contributed by atoms with Gasteiger partial charge >= 0.3 is 6.03 Å². The fourth-order valence-electron chi connectivity index (χ4n) is 4.26. The minimum atomic E-state index is -0.195. The zero-order chi connectivity index (χ0) is 27.4. The molecule has 0 bridgehead atoms. The van der Waals surface area contributed by atoms with Crippen LogP contribution in [0.1, 0.15) is 5.56 Å². The number of amides is 2. The first kappa shape index (κ1) is 25.9. The molecule has 0 aliphatic carbocycles. The second-order valence-corrected chi connectivity index (χ2v) is 9.79. The quantitative estimate of drug-likeness (QED) is 0.285. The molecule has 2 N–H and O–H groups in total. The Morgan fingerprint density at radius 1 is 0.897 bits per heavy atom. The highest BCUT2D eigenvalue weighted by atomic mass is 16.2. The van der Waals surface area contributed by atoms with Gasteiger partial charge in [-0.05, 0) is 68.5 Å². The fraction of sp³-hybridized carbons (Fsp3) is 0.200. The lowest BCUT2D eigenvalue weighted by molar-refractivity contribution is 0.230. The van der Waals surface area contributed by atoms with Crippen LogP contribution in [0.15, 0.2) is 85.2 Å². The number of likely N-dealkylation sites (N-methyl/N-ethyl adjacent to an activating group) is 1. The van der Waals surface area contributed by atoms with Crippen LogP contribution < -0.4 is 10.6 Å². The number of carbonyl (C=O) groups is 1. The molecule has 0 spiro atoms. The van der Waals surface area contributed by atoms with Crippen molar-refractivity contribution >= 4 is 29.0 Å². The summed E-state index contributed by atoms with van der Waals surface area (Å²) in [4.78, 5) is 30.2. The molecule has 2 aromatic carbocycles. The van der Waals surface area contributed by atoms with Gasteiger partial charge in [0.2, 0.25) is 5.95 Å². The van der Waals surface area contributed by atoms with E-state index in [4.69, 9.17) is 9.97 Å². The summed E-state index contributed by atoms with van der Waals surface area (Å²) in [7, 11) is 7.57. The number of rotatable bonds is 8. The SMILES string of the molecule is CN(C)CCc1cccc(Nc2nccc(-c3c(-c4cccc(NC(=O)N(C)C)c4)nc4ccccn34)n2)c1. The molecule has 0 atom stereocenters. The minimum absolute atomic E-state index is 0.195. The lowest BCUT2D eigenvalue weighted by Crippen LogP contribution is -2.27. The molecule has 3 aromatic heterocycles. The molecule has 5 aromatic rings. The second kappa shape index (κ2) is 11.3. The molecule has 0 fully saturated rings. The van der Waals surface area contributed by atoms with Crippen LogP contribution in [-0.2, 0) is 6.42 Å². The zero-order valence-electron chi connectivity index (χ0n) is 22.6. The van der Waals surface area contributed by atoms with Gasteiger partial charge in [0, 0.05) is 50.0 Å². The fourth-order valence-corrected chi connectivity index (χ4v) is 4.26. The molecular weight excluding hydrogens is 488 g/mol. The summed E-state index contributed by atoms with van der Waals surface area (Å²) >= 11 is 0. The van der Waals surface area contributed by atoms with E-state index >= 15 is 0 Å². The van der Waals surface area contributed by atoms with E-state index in [2.05, 4.69) is 46.7 Å². The maximum Gasteiger partial charge on any atom is 0.321 e. The molecule has 3 heterocycles. The molecule has 5 rings (SSSR count). The first-order chi connectivity index (χ1) is 18.9. The Morgan fingerprint density at radius 2 is 1.72 bits per heavy atom. The van der Waals surface area contributed by atoms with Crippen molar-refractivity contribution in [2.24, 2.45) is 0 Å². The number of aromatic nitrogens is 4. The molecule has 0 radical (unpaired) electrons. The van der Waals surface area contributed by atoms with Gasteiger partial charge in [-0.2, -0.15) is 0 Å². The topological polar surface area (TPSA) is 90.7 Å². The summed E-state index contributed by atoms with van der Waals surface area (Å²) in [5.41, 5.74) is 6.87. The number of nitrogens with one attached hydrogen (secondary N) is 2. The van der Waals surface area contributed by atoms with Crippen LogP contribution in [0.2, 0.25) is 0 Å². The maximum absolute atomic E-state index is 12.2. The Kier molecular flexibility index (Phi) is 7.51. The van der Waals surface area contributed by atoms with Gasteiger partial charge in [0.25, 0.3) is 0 Å². The Bertz CT molecular complexity index is 1610. The highest BCUT2D eigenvalue weighted by molar-refractivity contribution is 5.90. The van der Waals surface area contributed by atoms with E-state index in [0.29, 0.717) is 11.6 Å². The van der Waals surface area contributed by atoms with Crippen molar-refractivity contribution in [1.29, 1.82) is 0 Å². The lowest BCUT2D eigenvalue weighted by atomic mass is 10.1. The van der Waals surface area contributed by atoms with Crippen molar-refractivity contribution in [3.63, 3.8) is 0 Å². The van der Waals surface area contributed by atoms with Gasteiger partial charge in [-0.15, -0.1) is 0 Å². The number of fused-ring (bicyclic) bond motifs is 1. The standard InChI is InChI=1S/C30H32N8O/c1-36(2)18-15-21-9-7-11-23(19-21)32-29-31-16-14-25(34-29)28-27(35-26-13-5-6-17-38(26)28)22-10-8-12-24(20-22)33-30(39)37(3)4/h5-14,16-17,19-20H,15,18H2,1-4H3,(H,33,39)(H,31,32,34). The van der Waals surface area contributed by atoms with E-state index in [1.807, 2.05) is 71.3 Å². The minimum Gasteiger partial charge on any atom is -0.331 e. The van der Waals surface area contributed by atoms with Crippen LogP contribution in [-0.4, -0.2) is 69.9 Å². The summed E-state index contributed by atoms with van der Waals surface area (Å²) < 4.78 is 2.02. The molecule has 39 heavy (non-hydrogen) atoms. The van der Waals surface area contributed by atoms with Crippen LogP contribution in [0.4, 0.5) is 22.1 Å². The molecule has 0 saturated carbocycles. The molecule has 198 valence electrons. The van der Waals surface area contributed by atoms with E-state index in [0.717, 1.165) is 46.9 Å². The smallest absolute Gasteiger partial charge is 0.321 e. The van der Waals surface area contributed by atoms with E-state index in [1.54, 1.807) is 20.3 Å². The zero-order valence-corrected chi connectivity index (χ0v) is 22.6. The van der Waals surface area contributed by atoms with Crippen LogP contribution in [0.5, 0.6) is 0 Å². The number of hydrogen-bond donors (Lipinski definition) is 2. The van der Waals surface area contributed by atoms with Crippen molar-refractivity contribution in [3.8, 4) is 22.6 Å². The van der Waals surface area contributed by atoms with Crippen molar-refractivity contribution < 1.29 is 4.79 Å². The lowest BCUT2D eigenvalue weighted by Gasteiger charge is -2.13. The normalized spacial score (nSPS) is 11.1. The first-order valence-corrected chi connectivity index (χ1v) is 12.8. The molecule has 2 amide bonds. The Hall–Kier alpha value is -4.76. The molecule has 0 aliphatic heterocycles. The second-order valence-electron chi connectivity index (χ2n) is 9.79. The Labute approximate surface area is 228 Å². The molecule has 0 unspecified atom stereocenters. The summed E-state index contributed by atoms with van der Waals surface area (Å²) in [5.74, 6) is 0.501. The van der Waals surface area contributed by atoms with Gasteiger partial charge < -0.3 is 20.4 Å². The average Bonchev–Trinajstić information content (AvgIpc) is 3.32. The Morgan fingerprint density at radius 3 is 2.54 bits per heavy atom. The number of hydrogen-bond acceptors (Lipinski definition) is 6. The average molecular weight is 521 g/mol. The largest absolute Gasteiger partial charge is 0.331 e. The third-order valence-corrected chi connectivity index (χ3v) is 6.25. The van der Waals surface area contributed by atoms with E-state index in [1.165, 1.54) is 10.5 Å². The first-order valence-electron chi connectivity index (χ1n) is 12.8. The number of pyridine rings is 1. The van der Waals surface area contributed by atoms with E-state index in [9.17, 15) is 4.79 Å². The van der Waals surface area contributed by atoms with Gasteiger partial charge in [-0.25, -0.2) is 19.7 Å². The summed E-state index contributed by atoms with van der Waals surface area (Å²) in [6.07, 6.45) is 4.69. The van der Waals surface area contributed by atoms with Crippen molar-refractivity contribution in [2.75, 3.05) is 45.4 Å². The number of urea groups is 1. The molecule has 9 nitrogen and oxygen atoms in total. The van der Waals surface area contributed by atoms with E-state index in [-0.39, 0.29) is 6.03 Å². The van der Waals surface area contributed by atoms with Crippen LogP contribution in [0.3, 0.4) is 0 Å². The highest BCUT2D eigenvalue weighted by Gasteiger charge is 2.18. The van der Waals surface area contributed by atoms with Gasteiger partial charge in [-0.3, -0.25) is 4.40 Å². The predicted molar refractivity (Wildman–Crippen MR) is 156 cm³/mol. The highest BCUT2D eigenvalue weighted by Crippen LogP contribution is 2.33. The third kappa shape index (κ3) is 6.05. The van der Waals surface area contributed by atoms with Crippen LogP contribution >= 0.6 is 0 Å². The molecule has 9 heteroatoms. The maximum atomic E-state index is 12.2. The number of carbonyl (C=O) groups excluding carboxylic acids is 1. The van der Waals surface area contributed by atoms with Gasteiger partial charge in [0.1, 0.15) is 5.65 Å². The molecular formula is C30H32N8O. The molecule has 0 aliphatic rings.